The average Bonchev–Trinajstić information content (AvgIpc) is 3.46. The number of fused-ring (bicyclic) bond motifs is 1. The van der Waals surface area contributed by atoms with Crippen molar-refractivity contribution in [2.45, 2.75) is 26.1 Å². The molecule has 37 heavy (non-hydrogen) atoms. The Balaban J connectivity index is 1.21. The number of ether oxygens (including phenoxy) is 1. The summed E-state index contributed by atoms with van der Waals surface area (Å²) in [6.45, 7) is 2.81. The molecule has 5 aromatic rings. The first-order chi connectivity index (χ1) is 17.7. The zero-order chi connectivity index (χ0) is 26.0. The second-order valence-corrected chi connectivity index (χ2v) is 9.90. The summed E-state index contributed by atoms with van der Waals surface area (Å²) in [5.74, 6) is 1.23. The molecule has 0 amide bonds. The van der Waals surface area contributed by atoms with Crippen LogP contribution in [0.3, 0.4) is 0 Å². The molecule has 3 heterocycles. The Morgan fingerprint density at radius 3 is 2.35 bits per heavy atom. The lowest BCUT2D eigenvalue weighted by atomic mass is 10.0. The van der Waals surface area contributed by atoms with Gasteiger partial charge in [-0.15, -0.1) is 24.5 Å². The highest BCUT2D eigenvalue weighted by Gasteiger charge is 2.30. The molecule has 0 bridgehead atoms. The first kappa shape index (κ1) is 24.8. The van der Waals surface area contributed by atoms with Gasteiger partial charge in [-0.25, -0.2) is 15.0 Å². The van der Waals surface area contributed by atoms with Crippen molar-refractivity contribution in [3.05, 3.63) is 77.6 Å². The first-order valence-corrected chi connectivity index (χ1v) is 12.5. The molecule has 2 aromatic carbocycles. The van der Waals surface area contributed by atoms with Crippen LogP contribution in [0.1, 0.15) is 16.9 Å². The summed E-state index contributed by atoms with van der Waals surface area (Å²) in [6.07, 6.45) is 0.579. The Kier molecular flexibility index (Phi) is 6.84. The lowest BCUT2D eigenvalue weighted by Crippen LogP contribution is -2.16. The third-order valence-electron chi connectivity index (χ3n) is 5.87. The molecule has 0 spiro atoms. The van der Waals surface area contributed by atoms with Crippen molar-refractivity contribution in [3.8, 4) is 28.4 Å². The van der Waals surface area contributed by atoms with Crippen LogP contribution >= 0.6 is 11.3 Å². The van der Waals surface area contributed by atoms with E-state index in [0.717, 1.165) is 52.2 Å². The fraction of sp³-hybridized carbons (Fsp3) is 0.222. The van der Waals surface area contributed by atoms with Gasteiger partial charge < -0.3 is 14.6 Å². The Hall–Kier alpha value is -3.92. The van der Waals surface area contributed by atoms with E-state index >= 15 is 0 Å². The number of hydrogen-bond donors (Lipinski definition) is 1. The number of hydrogen-bond acceptors (Lipinski definition) is 6. The molecule has 3 aromatic heterocycles. The monoisotopic (exact) mass is 523 g/mol. The number of aryl methyl sites for hydroxylation is 3. The smallest absolute Gasteiger partial charge is 0.406 e. The quantitative estimate of drug-likeness (QED) is 0.222. The molecule has 0 saturated heterocycles. The molecular weight excluding hydrogens is 499 g/mol. The van der Waals surface area contributed by atoms with Crippen molar-refractivity contribution in [2.24, 2.45) is 7.05 Å². The topological polar surface area (TPSA) is 64.9 Å². The van der Waals surface area contributed by atoms with E-state index in [1.165, 1.54) is 22.6 Å². The normalized spacial score (nSPS) is 11.7. The van der Waals surface area contributed by atoms with Crippen molar-refractivity contribution in [3.63, 3.8) is 0 Å². The predicted molar refractivity (Wildman–Crippen MR) is 140 cm³/mol. The Labute approximate surface area is 215 Å². The number of anilines is 1. The van der Waals surface area contributed by atoms with Crippen LogP contribution in [0.2, 0.25) is 0 Å². The van der Waals surface area contributed by atoms with Gasteiger partial charge in [0.25, 0.3) is 0 Å². The molecule has 0 unspecified atom stereocenters. The van der Waals surface area contributed by atoms with E-state index in [1.54, 1.807) is 36.0 Å². The summed E-state index contributed by atoms with van der Waals surface area (Å²) in [5, 5.41) is 4.50. The Morgan fingerprint density at radius 2 is 1.70 bits per heavy atom. The SMILES string of the molecule is Cc1cc2c(NCCCc3ccc(-c4ccc(OC(F)(F)F)cc4)cc3)nc(-c3cncn3C)nc2s1. The number of aromatic nitrogens is 4. The molecule has 5 rings (SSSR count). The summed E-state index contributed by atoms with van der Waals surface area (Å²) in [5.41, 5.74) is 3.79. The van der Waals surface area contributed by atoms with Crippen LogP contribution in [0.5, 0.6) is 5.75 Å². The van der Waals surface area contributed by atoms with Crippen LogP contribution in [0.15, 0.2) is 67.1 Å². The summed E-state index contributed by atoms with van der Waals surface area (Å²) in [6, 6.07) is 16.0. The highest BCUT2D eigenvalue weighted by Crippen LogP contribution is 2.31. The maximum atomic E-state index is 12.4. The van der Waals surface area contributed by atoms with Gasteiger partial charge in [0.1, 0.15) is 22.1 Å². The van der Waals surface area contributed by atoms with Gasteiger partial charge in [-0.3, -0.25) is 0 Å². The van der Waals surface area contributed by atoms with Gasteiger partial charge in [0.15, 0.2) is 5.82 Å². The predicted octanol–water partition coefficient (Wildman–Crippen LogP) is 7.01. The van der Waals surface area contributed by atoms with Crippen LogP contribution in [-0.2, 0) is 13.5 Å². The summed E-state index contributed by atoms with van der Waals surface area (Å²) in [7, 11) is 1.92. The van der Waals surface area contributed by atoms with Crippen LogP contribution in [-0.4, -0.2) is 32.4 Å². The van der Waals surface area contributed by atoms with E-state index in [9.17, 15) is 13.2 Å². The maximum Gasteiger partial charge on any atom is 0.573 e. The number of nitrogens with one attached hydrogen (secondary N) is 1. The van der Waals surface area contributed by atoms with Crippen LogP contribution in [0.4, 0.5) is 19.0 Å². The van der Waals surface area contributed by atoms with E-state index in [2.05, 4.69) is 28.0 Å². The molecule has 10 heteroatoms. The highest BCUT2D eigenvalue weighted by atomic mass is 32.1. The average molecular weight is 524 g/mol. The van der Waals surface area contributed by atoms with Gasteiger partial charge in [0.05, 0.1) is 17.9 Å². The first-order valence-electron chi connectivity index (χ1n) is 11.7. The van der Waals surface area contributed by atoms with E-state index in [0.29, 0.717) is 5.82 Å². The summed E-state index contributed by atoms with van der Waals surface area (Å²) < 4.78 is 42.9. The lowest BCUT2D eigenvalue weighted by Gasteiger charge is -2.10. The number of alkyl halides is 3. The van der Waals surface area contributed by atoms with Crippen LogP contribution < -0.4 is 10.1 Å². The molecule has 0 aliphatic heterocycles. The molecule has 1 N–H and O–H groups in total. The number of thiophene rings is 1. The standard InChI is InChI=1S/C27H24F3N5OS/c1-17-14-22-24(33-25(34-26(22)37-17)23-15-31-16-35(23)2)32-13-3-4-18-5-7-19(8-6-18)20-9-11-21(12-10-20)36-27(28,29)30/h5-12,14-16H,3-4,13H2,1-2H3,(H,32,33,34). The van der Waals surface area contributed by atoms with Crippen molar-refractivity contribution in [1.29, 1.82) is 0 Å². The molecule has 0 saturated carbocycles. The van der Waals surface area contributed by atoms with Crippen molar-refractivity contribution < 1.29 is 17.9 Å². The molecule has 0 atom stereocenters. The molecule has 190 valence electrons. The van der Waals surface area contributed by atoms with Gasteiger partial charge in [-0.05, 0) is 54.7 Å². The maximum absolute atomic E-state index is 12.4. The van der Waals surface area contributed by atoms with E-state index in [4.69, 9.17) is 9.97 Å². The molecule has 0 aliphatic carbocycles. The molecular formula is C27H24F3N5OS. The van der Waals surface area contributed by atoms with Gasteiger partial charge in [0.2, 0.25) is 0 Å². The lowest BCUT2D eigenvalue weighted by molar-refractivity contribution is -0.274. The van der Waals surface area contributed by atoms with Gasteiger partial charge in [-0.1, -0.05) is 36.4 Å². The fourth-order valence-electron chi connectivity index (χ4n) is 4.08. The van der Waals surface area contributed by atoms with Crippen LogP contribution in [0, 0.1) is 6.92 Å². The zero-order valence-electron chi connectivity index (χ0n) is 20.2. The van der Waals surface area contributed by atoms with Crippen molar-refractivity contribution in [1.82, 2.24) is 19.5 Å². The fourth-order valence-corrected chi connectivity index (χ4v) is 4.96. The van der Waals surface area contributed by atoms with Crippen LogP contribution in [0.25, 0.3) is 32.9 Å². The number of halogens is 3. The van der Waals surface area contributed by atoms with Gasteiger partial charge >= 0.3 is 6.36 Å². The van der Waals surface area contributed by atoms with Gasteiger partial charge in [-0.2, -0.15) is 0 Å². The molecule has 0 radical (unpaired) electrons. The third-order valence-corrected chi connectivity index (χ3v) is 6.82. The number of nitrogens with zero attached hydrogens (tertiary/aromatic N) is 4. The molecule has 6 nitrogen and oxygen atoms in total. The Bertz CT molecular complexity index is 1510. The number of rotatable bonds is 8. The number of benzene rings is 2. The minimum absolute atomic E-state index is 0.230. The summed E-state index contributed by atoms with van der Waals surface area (Å²) in [4.78, 5) is 15.8. The minimum Gasteiger partial charge on any atom is -0.406 e. The van der Waals surface area contributed by atoms with Crippen molar-refractivity contribution >= 4 is 27.4 Å². The summed E-state index contributed by atoms with van der Waals surface area (Å²) >= 11 is 1.64. The second-order valence-electron chi connectivity index (χ2n) is 8.66. The second kappa shape index (κ2) is 10.2. The third kappa shape index (κ3) is 5.91. The van der Waals surface area contributed by atoms with E-state index < -0.39 is 6.36 Å². The zero-order valence-corrected chi connectivity index (χ0v) is 21.0. The molecule has 0 fully saturated rings. The van der Waals surface area contributed by atoms with E-state index in [1.807, 2.05) is 35.9 Å². The minimum atomic E-state index is -4.69. The van der Waals surface area contributed by atoms with E-state index in [-0.39, 0.29) is 5.75 Å². The largest absolute Gasteiger partial charge is 0.573 e. The van der Waals surface area contributed by atoms with Crippen molar-refractivity contribution in [2.75, 3.05) is 11.9 Å². The molecule has 0 aliphatic rings. The van der Waals surface area contributed by atoms with Gasteiger partial charge in [0, 0.05) is 18.5 Å². The number of imidazole rings is 1. The Morgan fingerprint density at radius 1 is 1.00 bits per heavy atom. The highest BCUT2D eigenvalue weighted by molar-refractivity contribution is 7.18.